The van der Waals surface area contributed by atoms with Gasteiger partial charge in [-0.2, -0.15) is 0 Å². The van der Waals surface area contributed by atoms with Gasteiger partial charge in [-0.15, -0.1) is 0 Å². The van der Waals surface area contributed by atoms with E-state index < -0.39 is 5.60 Å². The van der Waals surface area contributed by atoms with E-state index in [1.54, 1.807) is 0 Å². The van der Waals surface area contributed by atoms with Crippen molar-refractivity contribution in [2.45, 2.75) is 51.6 Å². The van der Waals surface area contributed by atoms with E-state index in [9.17, 15) is 5.11 Å². The summed E-state index contributed by atoms with van der Waals surface area (Å²) in [6.07, 6.45) is 5.18. The van der Waals surface area contributed by atoms with Crippen LogP contribution in [0.4, 0.5) is 0 Å². The van der Waals surface area contributed by atoms with E-state index in [0.29, 0.717) is 11.8 Å². The van der Waals surface area contributed by atoms with E-state index >= 15 is 0 Å². The van der Waals surface area contributed by atoms with Gasteiger partial charge in [-0.05, 0) is 49.7 Å². The number of furan rings is 1. The molecular formula is C18H24O2. The Bertz CT molecular complexity index is 551. The second kappa shape index (κ2) is 5.25. The van der Waals surface area contributed by atoms with Crippen molar-refractivity contribution in [3.05, 3.63) is 36.1 Å². The third kappa shape index (κ3) is 2.62. The average molecular weight is 272 g/mol. The zero-order valence-electron chi connectivity index (χ0n) is 12.4. The molecule has 3 rings (SSSR count). The van der Waals surface area contributed by atoms with Gasteiger partial charge in [-0.3, -0.25) is 0 Å². The van der Waals surface area contributed by atoms with Crippen molar-refractivity contribution in [1.29, 1.82) is 0 Å². The molecule has 1 aliphatic carbocycles. The molecule has 1 aliphatic rings. The first-order chi connectivity index (χ1) is 9.57. The van der Waals surface area contributed by atoms with Crippen molar-refractivity contribution in [2.75, 3.05) is 0 Å². The van der Waals surface area contributed by atoms with Gasteiger partial charge in [0.1, 0.15) is 16.9 Å². The Morgan fingerprint density at radius 1 is 1.35 bits per heavy atom. The molecule has 0 spiro atoms. The normalized spacial score (nSPS) is 27.3. The first-order valence-corrected chi connectivity index (χ1v) is 7.78. The Balaban J connectivity index is 1.86. The van der Waals surface area contributed by atoms with Crippen LogP contribution in [-0.2, 0) is 5.60 Å². The number of hydrogen-bond donors (Lipinski definition) is 1. The van der Waals surface area contributed by atoms with E-state index in [0.717, 1.165) is 36.0 Å². The Kier molecular flexibility index (Phi) is 3.59. The van der Waals surface area contributed by atoms with Crippen LogP contribution in [0.3, 0.4) is 0 Å². The van der Waals surface area contributed by atoms with Gasteiger partial charge in [0, 0.05) is 5.39 Å². The van der Waals surface area contributed by atoms with Gasteiger partial charge in [0.25, 0.3) is 0 Å². The molecule has 2 atom stereocenters. The number of fused-ring (bicyclic) bond motifs is 1. The summed E-state index contributed by atoms with van der Waals surface area (Å²) in [5.74, 6) is 2.06. The van der Waals surface area contributed by atoms with E-state index in [2.05, 4.69) is 13.8 Å². The van der Waals surface area contributed by atoms with Crippen LogP contribution in [0.5, 0.6) is 0 Å². The molecule has 1 aromatic carbocycles. The summed E-state index contributed by atoms with van der Waals surface area (Å²) in [6.45, 7) is 4.52. The molecular weight excluding hydrogens is 248 g/mol. The van der Waals surface area contributed by atoms with E-state index in [-0.39, 0.29) is 0 Å². The maximum atomic E-state index is 11.0. The van der Waals surface area contributed by atoms with Gasteiger partial charge in [-0.25, -0.2) is 0 Å². The van der Waals surface area contributed by atoms with Crippen molar-refractivity contribution in [1.82, 2.24) is 0 Å². The lowest BCUT2D eigenvalue weighted by molar-refractivity contribution is -0.0404. The van der Waals surface area contributed by atoms with E-state index in [1.165, 1.54) is 12.8 Å². The highest BCUT2D eigenvalue weighted by Crippen LogP contribution is 2.43. The Morgan fingerprint density at radius 2 is 2.15 bits per heavy atom. The smallest absolute Gasteiger partial charge is 0.136 e. The highest BCUT2D eigenvalue weighted by atomic mass is 16.4. The molecule has 0 aliphatic heterocycles. The molecule has 0 bridgehead atoms. The minimum atomic E-state index is -0.767. The Hall–Kier alpha value is -1.28. The zero-order chi connectivity index (χ0) is 14.2. The summed E-state index contributed by atoms with van der Waals surface area (Å²) in [5.41, 5.74) is 0.110. The summed E-state index contributed by atoms with van der Waals surface area (Å²) in [7, 11) is 0. The average Bonchev–Trinajstić information content (AvgIpc) is 2.82. The first-order valence-electron chi connectivity index (χ1n) is 7.78. The number of hydrogen-bond acceptors (Lipinski definition) is 2. The minimum absolute atomic E-state index is 0.613. The molecule has 2 nitrogen and oxygen atoms in total. The van der Waals surface area contributed by atoms with Crippen molar-refractivity contribution >= 4 is 11.0 Å². The molecule has 0 amide bonds. The molecule has 108 valence electrons. The van der Waals surface area contributed by atoms with Crippen LogP contribution in [0.1, 0.15) is 51.7 Å². The maximum absolute atomic E-state index is 11.0. The minimum Gasteiger partial charge on any atom is -0.458 e. The molecule has 20 heavy (non-hydrogen) atoms. The van der Waals surface area contributed by atoms with Gasteiger partial charge in [0.15, 0.2) is 0 Å². The molecule has 1 saturated carbocycles. The monoisotopic (exact) mass is 272 g/mol. The third-order valence-corrected chi connectivity index (χ3v) is 4.52. The largest absolute Gasteiger partial charge is 0.458 e. The SMILES string of the molecule is CC(C)CC1CCCC(O)(c2cc3ccccc3o2)C1. The van der Waals surface area contributed by atoms with Crippen LogP contribution in [0.25, 0.3) is 11.0 Å². The number of aliphatic hydroxyl groups is 1. The summed E-state index contributed by atoms with van der Waals surface area (Å²) >= 11 is 0. The van der Waals surface area contributed by atoms with Crippen LogP contribution in [0.15, 0.2) is 34.7 Å². The molecule has 1 aromatic heterocycles. The molecule has 2 unspecified atom stereocenters. The zero-order valence-corrected chi connectivity index (χ0v) is 12.4. The summed E-state index contributed by atoms with van der Waals surface area (Å²) < 4.78 is 5.91. The molecule has 2 heteroatoms. The van der Waals surface area contributed by atoms with Crippen molar-refractivity contribution < 1.29 is 9.52 Å². The van der Waals surface area contributed by atoms with E-state index in [1.807, 2.05) is 30.3 Å². The fourth-order valence-corrected chi connectivity index (χ4v) is 3.67. The second-order valence-corrected chi connectivity index (χ2v) is 6.77. The highest BCUT2D eigenvalue weighted by molar-refractivity contribution is 5.77. The molecule has 0 saturated heterocycles. The number of para-hydroxylation sites is 1. The third-order valence-electron chi connectivity index (χ3n) is 4.52. The van der Waals surface area contributed by atoms with E-state index in [4.69, 9.17) is 4.42 Å². The molecule has 2 aromatic rings. The van der Waals surface area contributed by atoms with Crippen LogP contribution in [0, 0.1) is 11.8 Å². The highest BCUT2D eigenvalue weighted by Gasteiger charge is 2.38. The van der Waals surface area contributed by atoms with Gasteiger partial charge in [-0.1, -0.05) is 38.5 Å². The maximum Gasteiger partial charge on any atom is 0.136 e. The Labute approximate surface area is 120 Å². The van der Waals surface area contributed by atoms with Crippen LogP contribution in [-0.4, -0.2) is 5.11 Å². The molecule has 1 N–H and O–H groups in total. The van der Waals surface area contributed by atoms with Gasteiger partial charge < -0.3 is 9.52 Å². The quantitative estimate of drug-likeness (QED) is 0.866. The topological polar surface area (TPSA) is 33.4 Å². The van der Waals surface area contributed by atoms with Crippen LogP contribution in [0.2, 0.25) is 0 Å². The predicted octanol–water partition coefficient (Wildman–Crippen LogP) is 4.86. The number of rotatable bonds is 3. The summed E-state index contributed by atoms with van der Waals surface area (Å²) in [5, 5.41) is 12.1. The predicted molar refractivity (Wildman–Crippen MR) is 81.5 cm³/mol. The lowest BCUT2D eigenvalue weighted by Gasteiger charge is -2.36. The molecule has 0 radical (unpaired) electrons. The van der Waals surface area contributed by atoms with Gasteiger partial charge in [0.2, 0.25) is 0 Å². The van der Waals surface area contributed by atoms with Crippen molar-refractivity contribution in [3.63, 3.8) is 0 Å². The fourth-order valence-electron chi connectivity index (χ4n) is 3.67. The molecule has 1 heterocycles. The van der Waals surface area contributed by atoms with Crippen molar-refractivity contribution in [3.8, 4) is 0 Å². The van der Waals surface area contributed by atoms with Crippen LogP contribution < -0.4 is 0 Å². The first kappa shape index (κ1) is 13.7. The molecule has 1 fully saturated rings. The standard InChI is InChI=1S/C18H24O2/c1-13(2)10-14-6-5-9-18(19,12-14)17-11-15-7-3-4-8-16(15)20-17/h3-4,7-8,11,13-14,19H,5-6,9-10,12H2,1-2H3. The van der Waals surface area contributed by atoms with Crippen molar-refractivity contribution in [2.24, 2.45) is 11.8 Å². The summed E-state index contributed by atoms with van der Waals surface area (Å²) in [6, 6.07) is 10.0. The lowest BCUT2D eigenvalue weighted by atomic mass is 9.74. The fraction of sp³-hybridized carbons (Fsp3) is 0.556. The Morgan fingerprint density at radius 3 is 2.90 bits per heavy atom. The number of benzene rings is 1. The lowest BCUT2D eigenvalue weighted by Crippen LogP contribution is -2.32. The van der Waals surface area contributed by atoms with Gasteiger partial charge in [0.05, 0.1) is 0 Å². The second-order valence-electron chi connectivity index (χ2n) is 6.77. The summed E-state index contributed by atoms with van der Waals surface area (Å²) in [4.78, 5) is 0. The van der Waals surface area contributed by atoms with Crippen LogP contribution >= 0.6 is 0 Å². The van der Waals surface area contributed by atoms with Gasteiger partial charge >= 0.3 is 0 Å².